The van der Waals surface area contributed by atoms with Gasteiger partial charge in [0.2, 0.25) is 0 Å². The lowest BCUT2D eigenvalue weighted by atomic mass is 10.2. The average molecular weight is 462 g/mol. The van der Waals surface area contributed by atoms with E-state index in [2.05, 4.69) is 16.0 Å². The van der Waals surface area contributed by atoms with Crippen LogP contribution in [0.15, 0.2) is 83.8 Å². The molecule has 1 aliphatic rings. The van der Waals surface area contributed by atoms with Crippen LogP contribution in [0.4, 0.5) is 16.2 Å². The molecule has 0 bridgehead atoms. The fourth-order valence-electron chi connectivity index (χ4n) is 3.56. The summed E-state index contributed by atoms with van der Waals surface area (Å²) in [5.41, 5.74) is 2.44. The van der Waals surface area contributed by atoms with Gasteiger partial charge in [0.1, 0.15) is 6.61 Å². The van der Waals surface area contributed by atoms with Crippen molar-refractivity contribution in [2.45, 2.75) is 29.6 Å². The Hall–Kier alpha value is -3.29. The summed E-state index contributed by atoms with van der Waals surface area (Å²) in [6.45, 7) is 2.29. The molecular weight excluding hydrogens is 434 g/mol. The summed E-state index contributed by atoms with van der Waals surface area (Å²) in [5.74, 6) is -0.236. The number of ether oxygens (including phenoxy) is 1. The minimum absolute atomic E-state index is 0.170. The number of nitrogens with one attached hydrogen (secondary N) is 3. The SMILES string of the molecule is O=C(Nc1ccccc1NC(=O)c1ccc(SC2CCNCC2)cc1)OCc1ccccc1. The van der Waals surface area contributed by atoms with Gasteiger partial charge >= 0.3 is 6.09 Å². The van der Waals surface area contributed by atoms with Crippen molar-refractivity contribution in [1.82, 2.24) is 5.32 Å². The number of para-hydroxylation sites is 2. The van der Waals surface area contributed by atoms with Crippen molar-refractivity contribution in [3.8, 4) is 0 Å². The number of anilines is 2. The molecule has 0 aromatic heterocycles. The van der Waals surface area contributed by atoms with Crippen LogP contribution in [0.2, 0.25) is 0 Å². The first-order valence-electron chi connectivity index (χ1n) is 11.0. The van der Waals surface area contributed by atoms with Crippen LogP contribution in [0.1, 0.15) is 28.8 Å². The molecule has 1 heterocycles. The van der Waals surface area contributed by atoms with Crippen molar-refractivity contribution in [1.29, 1.82) is 0 Å². The van der Waals surface area contributed by atoms with Gasteiger partial charge in [0.15, 0.2) is 0 Å². The number of benzene rings is 3. The second kappa shape index (κ2) is 11.5. The number of carbonyl (C=O) groups excluding carboxylic acids is 2. The molecular formula is C26H27N3O3S. The van der Waals surface area contributed by atoms with Gasteiger partial charge in [0.25, 0.3) is 5.91 Å². The molecule has 7 heteroatoms. The standard InChI is InChI=1S/C26H27N3O3S/c30-25(20-10-12-21(13-11-20)33-22-14-16-27-17-15-22)28-23-8-4-5-9-24(23)29-26(31)32-18-19-6-2-1-3-7-19/h1-13,22,27H,14-18H2,(H,28,30)(H,29,31). The molecule has 1 saturated heterocycles. The summed E-state index contributed by atoms with van der Waals surface area (Å²) < 4.78 is 5.28. The van der Waals surface area contributed by atoms with Crippen LogP contribution in [-0.4, -0.2) is 30.3 Å². The Balaban J connectivity index is 1.33. The molecule has 1 fully saturated rings. The highest BCUT2D eigenvalue weighted by Crippen LogP contribution is 2.29. The smallest absolute Gasteiger partial charge is 0.412 e. The lowest BCUT2D eigenvalue weighted by Crippen LogP contribution is -2.29. The maximum atomic E-state index is 12.8. The molecule has 6 nitrogen and oxygen atoms in total. The van der Waals surface area contributed by atoms with Crippen molar-refractivity contribution >= 4 is 35.1 Å². The molecule has 170 valence electrons. The second-order valence-electron chi connectivity index (χ2n) is 7.78. The molecule has 0 spiro atoms. The predicted octanol–water partition coefficient (Wildman–Crippen LogP) is 5.53. The number of hydrogen-bond acceptors (Lipinski definition) is 5. The summed E-state index contributed by atoms with van der Waals surface area (Å²) in [6.07, 6.45) is 1.73. The van der Waals surface area contributed by atoms with Gasteiger partial charge in [-0.1, -0.05) is 42.5 Å². The molecule has 0 unspecified atom stereocenters. The van der Waals surface area contributed by atoms with Crippen LogP contribution in [0, 0.1) is 0 Å². The molecule has 0 atom stereocenters. The maximum absolute atomic E-state index is 12.8. The van der Waals surface area contributed by atoms with Gasteiger partial charge in [-0.25, -0.2) is 4.79 Å². The highest BCUT2D eigenvalue weighted by molar-refractivity contribution is 8.00. The largest absolute Gasteiger partial charge is 0.444 e. The number of hydrogen-bond donors (Lipinski definition) is 3. The third-order valence-electron chi connectivity index (χ3n) is 5.33. The first kappa shape index (κ1) is 22.9. The van der Waals surface area contributed by atoms with Crippen molar-refractivity contribution in [2.24, 2.45) is 0 Å². The monoisotopic (exact) mass is 461 g/mol. The molecule has 3 aromatic rings. The highest BCUT2D eigenvalue weighted by Gasteiger charge is 2.15. The van der Waals surface area contributed by atoms with E-state index in [1.807, 2.05) is 66.4 Å². The lowest BCUT2D eigenvalue weighted by Gasteiger charge is -2.22. The molecule has 1 aliphatic heterocycles. The third kappa shape index (κ3) is 6.84. The summed E-state index contributed by atoms with van der Waals surface area (Å²) in [6, 6.07) is 24.2. The van der Waals surface area contributed by atoms with Gasteiger partial charge in [-0.3, -0.25) is 10.1 Å². The summed E-state index contributed by atoms with van der Waals surface area (Å²) in [7, 11) is 0. The summed E-state index contributed by atoms with van der Waals surface area (Å²) in [4.78, 5) is 26.2. The number of amides is 2. The number of rotatable bonds is 7. The topological polar surface area (TPSA) is 79.5 Å². The zero-order valence-electron chi connectivity index (χ0n) is 18.3. The predicted molar refractivity (Wildman–Crippen MR) is 133 cm³/mol. The number of thioether (sulfide) groups is 1. The van der Waals surface area contributed by atoms with E-state index < -0.39 is 6.09 Å². The zero-order chi connectivity index (χ0) is 22.9. The van der Waals surface area contributed by atoms with Crippen LogP contribution >= 0.6 is 11.8 Å². The van der Waals surface area contributed by atoms with E-state index in [0.29, 0.717) is 22.2 Å². The van der Waals surface area contributed by atoms with E-state index in [4.69, 9.17) is 4.74 Å². The highest BCUT2D eigenvalue weighted by atomic mass is 32.2. The van der Waals surface area contributed by atoms with Crippen molar-refractivity contribution in [3.63, 3.8) is 0 Å². The van der Waals surface area contributed by atoms with Gasteiger partial charge in [-0.05, 0) is 67.9 Å². The van der Waals surface area contributed by atoms with Gasteiger partial charge < -0.3 is 15.4 Å². The van der Waals surface area contributed by atoms with Gasteiger partial charge in [0.05, 0.1) is 11.4 Å². The quantitative estimate of drug-likeness (QED) is 0.431. The van der Waals surface area contributed by atoms with E-state index in [1.165, 1.54) is 4.90 Å². The summed E-state index contributed by atoms with van der Waals surface area (Å²) >= 11 is 1.87. The summed E-state index contributed by atoms with van der Waals surface area (Å²) in [5, 5.41) is 9.58. The van der Waals surface area contributed by atoms with Crippen molar-refractivity contribution < 1.29 is 14.3 Å². The Morgan fingerprint density at radius 1 is 0.848 bits per heavy atom. The molecule has 2 amide bonds. The minimum Gasteiger partial charge on any atom is -0.444 e. The van der Waals surface area contributed by atoms with E-state index in [9.17, 15) is 9.59 Å². The van der Waals surface area contributed by atoms with Gasteiger partial charge in [0, 0.05) is 15.7 Å². The van der Waals surface area contributed by atoms with Crippen LogP contribution in [0.25, 0.3) is 0 Å². The first-order chi connectivity index (χ1) is 16.2. The zero-order valence-corrected chi connectivity index (χ0v) is 19.1. The molecule has 33 heavy (non-hydrogen) atoms. The Morgan fingerprint density at radius 2 is 1.48 bits per heavy atom. The Kier molecular flexibility index (Phi) is 8.00. The number of carbonyl (C=O) groups is 2. The Morgan fingerprint density at radius 3 is 2.18 bits per heavy atom. The van der Waals surface area contributed by atoms with Crippen LogP contribution in [-0.2, 0) is 11.3 Å². The molecule has 3 aromatic carbocycles. The van der Waals surface area contributed by atoms with Crippen LogP contribution in [0.5, 0.6) is 0 Å². The first-order valence-corrected chi connectivity index (χ1v) is 11.9. The van der Waals surface area contributed by atoms with Crippen LogP contribution in [0.3, 0.4) is 0 Å². The van der Waals surface area contributed by atoms with Gasteiger partial charge in [-0.15, -0.1) is 11.8 Å². The average Bonchev–Trinajstić information content (AvgIpc) is 2.86. The minimum atomic E-state index is -0.583. The second-order valence-corrected chi connectivity index (χ2v) is 9.15. The fraction of sp³-hybridized carbons (Fsp3) is 0.231. The van der Waals surface area contributed by atoms with E-state index in [-0.39, 0.29) is 12.5 Å². The maximum Gasteiger partial charge on any atom is 0.412 e. The fourth-order valence-corrected chi connectivity index (χ4v) is 4.70. The molecule has 0 aliphatic carbocycles. The van der Waals surface area contributed by atoms with E-state index >= 15 is 0 Å². The molecule has 0 radical (unpaired) electrons. The Bertz CT molecular complexity index is 1070. The third-order valence-corrected chi connectivity index (χ3v) is 6.68. The molecule has 3 N–H and O–H groups in total. The van der Waals surface area contributed by atoms with E-state index in [0.717, 1.165) is 31.5 Å². The van der Waals surface area contributed by atoms with Gasteiger partial charge in [-0.2, -0.15) is 0 Å². The normalized spacial score (nSPS) is 13.8. The Labute approximate surface area is 198 Å². The number of piperidine rings is 1. The molecule has 0 saturated carbocycles. The van der Waals surface area contributed by atoms with Crippen molar-refractivity contribution in [3.05, 3.63) is 90.0 Å². The van der Waals surface area contributed by atoms with Crippen LogP contribution < -0.4 is 16.0 Å². The van der Waals surface area contributed by atoms with E-state index in [1.54, 1.807) is 24.3 Å². The molecule has 4 rings (SSSR count). The van der Waals surface area contributed by atoms with Crippen molar-refractivity contribution in [2.75, 3.05) is 23.7 Å². The lowest BCUT2D eigenvalue weighted by molar-refractivity contribution is 0.102.